The molecule has 0 spiro atoms. The van der Waals surface area contributed by atoms with Gasteiger partial charge in [-0.25, -0.2) is 0 Å². The van der Waals surface area contributed by atoms with E-state index < -0.39 is 4.84 Å². The maximum absolute atomic E-state index is 5.11. The van der Waals surface area contributed by atoms with E-state index in [4.69, 9.17) is 23.2 Å². The largest absolute Gasteiger partial charge is 0.264 e. The maximum Gasteiger partial charge on any atom is 0.125 e. The minimum atomic E-state index is -0.407. The number of hydrogen-bond donors (Lipinski definition) is 0. The number of nitrogens with zero attached hydrogens (tertiary/aromatic N) is 4. The molecule has 0 unspecified atom stereocenters. The molecular weight excluding hydrogens is 235 g/mol. The Labute approximate surface area is 101 Å². The summed E-state index contributed by atoms with van der Waals surface area (Å²) in [5.41, 5.74) is 0. The quantitative estimate of drug-likeness (QED) is 0.508. The molecule has 4 heterocycles. The average molecular weight is 251 g/mol. The molecule has 4 rings (SSSR count). The lowest BCUT2D eigenvalue weighted by molar-refractivity contribution is -0.194. The summed E-state index contributed by atoms with van der Waals surface area (Å²) in [6, 6.07) is 0. The lowest BCUT2D eigenvalue weighted by atomic mass is 10.4. The summed E-state index contributed by atoms with van der Waals surface area (Å²) >= 11 is 10.2. The van der Waals surface area contributed by atoms with Crippen LogP contribution in [0.2, 0.25) is 0 Å². The summed E-state index contributed by atoms with van der Waals surface area (Å²) in [6.45, 7) is 10.4. The Morgan fingerprint density at radius 2 is 1.00 bits per heavy atom. The molecule has 6 heteroatoms. The molecule has 4 aliphatic rings. The van der Waals surface area contributed by atoms with Crippen LogP contribution >= 0.6 is 23.2 Å². The molecule has 15 heavy (non-hydrogen) atoms. The molecule has 0 amide bonds. The van der Waals surface area contributed by atoms with E-state index in [0.717, 1.165) is 0 Å². The van der Waals surface area contributed by atoms with E-state index in [1.807, 2.05) is 0 Å². The van der Waals surface area contributed by atoms with Crippen LogP contribution in [0.3, 0.4) is 0 Å². The minimum Gasteiger partial charge on any atom is -0.264 e. The van der Waals surface area contributed by atoms with Gasteiger partial charge in [-0.05, 0) is 0 Å². The van der Waals surface area contributed by atoms with Crippen LogP contribution in [0.15, 0.2) is 12.7 Å². The summed E-state index contributed by atoms with van der Waals surface area (Å²) in [6.07, 6.45) is 1.45. The van der Waals surface area contributed by atoms with E-state index >= 15 is 0 Å². The van der Waals surface area contributed by atoms with E-state index in [1.54, 1.807) is 0 Å². The summed E-state index contributed by atoms with van der Waals surface area (Å²) in [5.74, 6) is 0. The SMILES string of the molecule is C1N2CN3CN1CN(C2)C3.C=CC(Cl)Cl. The van der Waals surface area contributed by atoms with Gasteiger partial charge in [0.15, 0.2) is 0 Å². The number of rotatable bonds is 1. The van der Waals surface area contributed by atoms with Gasteiger partial charge in [-0.3, -0.25) is 19.6 Å². The molecular formula is C9H16Cl2N4. The fraction of sp³-hybridized carbons (Fsp3) is 0.778. The van der Waals surface area contributed by atoms with Gasteiger partial charge in [0, 0.05) is 0 Å². The summed E-state index contributed by atoms with van der Waals surface area (Å²) in [5, 5.41) is 0. The van der Waals surface area contributed by atoms with Crippen LogP contribution in [0, 0.1) is 0 Å². The molecule has 0 aromatic heterocycles. The Bertz CT molecular complexity index is 178. The minimum absolute atomic E-state index is 0.407. The van der Waals surface area contributed by atoms with E-state index in [1.165, 1.54) is 46.1 Å². The third-order valence-corrected chi connectivity index (χ3v) is 2.93. The van der Waals surface area contributed by atoms with E-state index in [2.05, 4.69) is 26.2 Å². The van der Waals surface area contributed by atoms with Crippen molar-refractivity contribution in [2.75, 3.05) is 40.0 Å². The first kappa shape index (κ1) is 11.6. The van der Waals surface area contributed by atoms with Gasteiger partial charge in [-0.15, -0.1) is 29.8 Å². The standard InChI is InChI=1S/C6H12N4.C3H4Cl2/c1-7-2-9-4-8(1)5-10(3-7)6-9;1-2-3(4)5/h1-6H2;2-3H,1H2. The molecule has 0 saturated carbocycles. The number of halogens is 2. The van der Waals surface area contributed by atoms with Crippen molar-refractivity contribution in [3.05, 3.63) is 12.7 Å². The molecule has 4 aliphatic heterocycles. The van der Waals surface area contributed by atoms with Gasteiger partial charge in [0.25, 0.3) is 0 Å². The van der Waals surface area contributed by atoms with Crippen LogP contribution in [0.4, 0.5) is 0 Å². The third-order valence-electron chi connectivity index (χ3n) is 2.58. The van der Waals surface area contributed by atoms with Crippen LogP contribution in [-0.2, 0) is 0 Å². The van der Waals surface area contributed by atoms with Gasteiger partial charge in [0.2, 0.25) is 0 Å². The second kappa shape index (κ2) is 4.99. The van der Waals surface area contributed by atoms with Crippen molar-refractivity contribution in [3.8, 4) is 0 Å². The highest BCUT2D eigenvalue weighted by Gasteiger charge is 2.36. The number of allylic oxidation sites excluding steroid dienone is 1. The fourth-order valence-electron chi connectivity index (χ4n) is 2.23. The van der Waals surface area contributed by atoms with Gasteiger partial charge in [-0.2, -0.15) is 0 Å². The summed E-state index contributed by atoms with van der Waals surface area (Å²) in [7, 11) is 0. The van der Waals surface area contributed by atoms with Gasteiger partial charge in [0.05, 0.1) is 40.0 Å². The summed E-state index contributed by atoms with van der Waals surface area (Å²) < 4.78 is 0. The lowest BCUT2D eigenvalue weighted by Crippen LogP contribution is -2.71. The van der Waals surface area contributed by atoms with Crippen molar-refractivity contribution < 1.29 is 0 Å². The highest BCUT2D eigenvalue weighted by Crippen LogP contribution is 2.20. The second-order valence-electron chi connectivity index (χ2n) is 4.10. The Kier molecular flexibility index (Phi) is 3.88. The van der Waals surface area contributed by atoms with Gasteiger partial charge < -0.3 is 0 Å². The van der Waals surface area contributed by atoms with E-state index in [9.17, 15) is 0 Å². The molecule has 0 radical (unpaired) electrons. The second-order valence-corrected chi connectivity index (χ2v) is 5.27. The Morgan fingerprint density at radius 3 is 1.13 bits per heavy atom. The predicted molar refractivity (Wildman–Crippen MR) is 62.2 cm³/mol. The Balaban J connectivity index is 0.000000149. The predicted octanol–water partition coefficient (Wildman–Crippen LogP) is 0.956. The van der Waals surface area contributed by atoms with Crippen molar-refractivity contribution in [2.45, 2.75) is 4.84 Å². The number of hydrogen-bond acceptors (Lipinski definition) is 4. The van der Waals surface area contributed by atoms with Crippen LogP contribution in [-0.4, -0.2) is 64.4 Å². The molecule has 0 aromatic rings. The zero-order valence-corrected chi connectivity index (χ0v) is 10.2. The molecule has 0 atom stereocenters. The zero-order valence-electron chi connectivity index (χ0n) is 8.65. The van der Waals surface area contributed by atoms with Crippen molar-refractivity contribution in [1.29, 1.82) is 0 Å². The number of alkyl halides is 2. The van der Waals surface area contributed by atoms with E-state index in [-0.39, 0.29) is 0 Å². The third kappa shape index (κ3) is 3.06. The highest BCUT2D eigenvalue weighted by molar-refractivity contribution is 6.45. The molecule has 4 fully saturated rings. The maximum atomic E-state index is 5.11. The monoisotopic (exact) mass is 250 g/mol. The first-order chi connectivity index (χ1) is 7.17. The van der Waals surface area contributed by atoms with Crippen molar-refractivity contribution in [2.24, 2.45) is 0 Å². The van der Waals surface area contributed by atoms with Crippen LogP contribution in [0.5, 0.6) is 0 Å². The smallest absolute Gasteiger partial charge is 0.125 e. The highest BCUT2D eigenvalue weighted by atomic mass is 35.5. The lowest BCUT2D eigenvalue weighted by Gasteiger charge is -2.56. The molecule has 4 saturated heterocycles. The van der Waals surface area contributed by atoms with Crippen LogP contribution < -0.4 is 0 Å². The Morgan fingerprint density at radius 1 is 0.800 bits per heavy atom. The molecule has 4 bridgehead atoms. The average Bonchev–Trinajstić information content (AvgIpc) is 2.16. The molecule has 0 aromatic carbocycles. The van der Waals surface area contributed by atoms with Gasteiger partial charge in [-0.1, -0.05) is 6.08 Å². The van der Waals surface area contributed by atoms with Crippen molar-refractivity contribution in [1.82, 2.24) is 19.6 Å². The van der Waals surface area contributed by atoms with Crippen molar-refractivity contribution >= 4 is 23.2 Å². The zero-order chi connectivity index (χ0) is 10.8. The van der Waals surface area contributed by atoms with Crippen molar-refractivity contribution in [3.63, 3.8) is 0 Å². The molecule has 4 nitrogen and oxygen atoms in total. The fourth-order valence-corrected chi connectivity index (χ4v) is 2.23. The van der Waals surface area contributed by atoms with Crippen LogP contribution in [0.1, 0.15) is 0 Å². The topological polar surface area (TPSA) is 13.0 Å². The Hall–Kier alpha value is 0.160. The van der Waals surface area contributed by atoms with E-state index in [0.29, 0.717) is 0 Å². The normalized spacial score (nSPS) is 41.3. The van der Waals surface area contributed by atoms with Crippen LogP contribution in [0.25, 0.3) is 0 Å². The first-order valence-electron chi connectivity index (χ1n) is 4.97. The molecule has 0 N–H and O–H groups in total. The molecule has 0 aliphatic carbocycles. The van der Waals surface area contributed by atoms with Gasteiger partial charge in [0.1, 0.15) is 4.84 Å². The summed E-state index contributed by atoms with van der Waals surface area (Å²) in [4.78, 5) is 9.47. The molecule has 86 valence electrons. The first-order valence-corrected chi connectivity index (χ1v) is 5.85. The van der Waals surface area contributed by atoms with Gasteiger partial charge >= 0.3 is 0 Å².